The predicted octanol–water partition coefficient (Wildman–Crippen LogP) is 2.00. The summed E-state index contributed by atoms with van der Waals surface area (Å²) in [4.78, 5) is 4.63. The van der Waals surface area contributed by atoms with Crippen LogP contribution >= 0.6 is 0 Å². The summed E-state index contributed by atoms with van der Waals surface area (Å²) in [5, 5.41) is 8.43. The number of sulfonamides is 1. The molecule has 2 aliphatic rings. The number of piperazine rings is 1. The van der Waals surface area contributed by atoms with E-state index in [0.29, 0.717) is 56.6 Å². The highest BCUT2D eigenvalue weighted by molar-refractivity contribution is 7.89. The quantitative estimate of drug-likeness (QED) is 0.552. The highest BCUT2D eigenvalue weighted by Crippen LogP contribution is 2.24. The number of nitrogens with zero attached hydrogens (tertiary/aromatic N) is 5. The van der Waals surface area contributed by atoms with Gasteiger partial charge in [0, 0.05) is 45.3 Å². The molecule has 0 amide bonds. The molecule has 1 aromatic carbocycles. The lowest BCUT2D eigenvalue weighted by Crippen LogP contribution is -2.48. The molecule has 2 fully saturated rings. The molecular formula is C22H31N5O4S. The van der Waals surface area contributed by atoms with Crippen molar-refractivity contribution in [3.05, 3.63) is 36.5 Å². The van der Waals surface area contributed by atoms with Crippen molar-refractivity contribution >= 4 is 21.5 Å². The van der Waals surface area contributed by atoms with E-state index in [1.54, 1.807) is 34.8 Å². The molecule has 0 atom stereocenters. The monoisotopic (exact) mass is 461 g/mol. The molecule has 9 nitrogen and oxygen atoms in total. The summed E-state index contributed by atoms with van der Waals surface area (Å²) >= 11 is 0. The Morgan fingerprint density at radius 3 is 2.41 bits per heavy atom. The van der Waals surface area contributed by atoms with Gasteiger partial charge in [-0.15, -0.1) is 5.10 Å². The molecule has 2 aromatic rings. The van der Waals surface area contributed by atoms with Crippen LogP contribution in [0.4, 0.5) is 11.5 Å². The molecule has 3 heterocycles. The Kier molecular flexibility index (Phi) is 7.44. The van der Waals surface area contributed by atoms with Gasteiger partial charge in [0.15, 0.2) is 5.82 Å². The third-order valence-electron chi connectivity index (χ3n) is 5.79. The highest BCUT2D eigenvalue weighted by Gasteiger charge is 2.29. The second-order valence-electron chi connectivity index (χ2n) is 7.94. The Labute approximate surface area is 190 Å². The number of aromatic nitrogens is 2. The third kappa shape index (κ3) is 5.31. The topological polar surface area (TPSA) is 88.1 Å². The van der Waals surface area contributed by atoms with Gasteiger partial charge in [0.2, 0.25) is 10.0 Å². The summed E-state index contributed by atoms with van der Waals surface area (Å²) in [6.45, 7) is 7.77. The van der Waals surface area contributed by atoms with Crippen LogP contribution in [0.1, 0.15) is 19.8 Å². The molecule has 32 heavy (non-hydrogen) atoms. The van der Waals surface area contributed by atoms with Gasteiger partial charge in [-0.2, -0.15) is 9.40 Å². The summed E-state index contributed by atoms with van der Waals surface area (Å²) in [5.74, 6) is 1.53. The number of rotatable bonds is 8. The summed E-state index contributed by atoms with van der Waals surface area (Å²) in [6, 6.07) is 8.75. The van der Waals surface area contributed by atoms with Crippen molar-refractivity contribution in [2.75, 3.05) is 68.9 Å². The maximum Gasteiger partial charge on any atom is 0.243 e. The number of hydrogen-bond acceptors (Lipinski definition) is 8. The van der Waals surface area contributed by atoms with Gasteiger partial charge in [-0.1, -0.05) is 13.3 Å². The molecule has 2 aliphatic heterocycles. The van der Waals surface area contributed by atoms with Crippen molar-refractivity contribution < 1.29 is 17.9 Å². The minimum Gasteiger partial charge on any atom is -0.494 e. The van der Waals surface area contributed by atoms with Crippen molar-refractivity contribution in [1.82, 2.24) is 14.5 Å². The van der Waals surface area contributed by atoms with E-state index in [1.165, 1.54) is 0 Å². The largest absolute Gasteiger partial charge is 0.494 e. The highest BCUT2D eigenvalue weighted by atomic mass is 32.2. The third-order valence-corrected chi connectivity index (χ3v) is 7.71. The number of unbranched alkanes of at least 4 members (excludes halogenated alkanes) is 1. The van der Waals surface area contributed by atoms with Gasteiger partial charge >= 0.3 is 0 Å². The molecule has 2 saturated heterocycles. The molecule has 0 saturated carbocycles. The molecule has 4 rings (SSSR count). The van der Waals surface area contributed by atoms with Crippen LogP contribution in [0.3, 0.4) is 0 Å². The Balaban J connectivity index is 1.36. The fourth-order valence-corrected chi connectivity index (χ4v) is 5.27. The van der Waals surface area contributed by atoms with Gasteiger partial charge in [-0.05, 0) is 30.7 Å². The lowest BCUT2D eigenvalue weighted by molar-refractivity contribution is 0.122. The van der Waals surface area contributed by atoms with Crippen molar-refractivity contribution in [3.63, 3.8) is 0 Å². The first-order valence-electron chi connectivity index (χ1n) is 11.2. The molecule has 174 valence electrons. The van der Waals surface area contributed by atoms with Crippen LogP contribution in [-0.2, 0) is 14.8 Å². The van der Waals surface area contributed by atoms with Gasteiger partial charge in [0.1, 0.15) is 5.75 Å². The second-order valence-corrected chi connectivity index (χ2v) is 9.87. The summed E-state index contributed by atoms with van der Waals surface area (Å²) in [7, 11) is -3.53. The zero-order valence-corrected chi connectivity index (χ0v) is 19.3. The molecule has 0 aliphatic carbocycles. The Morgan fingerprint density at radius 2 is 1.72 bits per heavy atom. The minimum atomic E-state index is -3.53. The van der Waals surface area contributed by atoms with Crippen LogP contribution in [0.25, 0.3) is 0 Å². The molecule has 10 heteroatoms. The number of anilines is 2. The SMILES string of the molecule is CCCCOc1ccc(S(=O)(=O)N2CCN(c3cnnc(N4CCOCC4)c3)CC2)cc1. The fraction of sp³-hybridized carbons (Fsp3) is 0.545. The zero-order valence-electron chi connectivity index (χ0n) is 18.5. The van der Waals surface area contributed by atoms with Gasteiger partial charge in [-0.25, -0.2) is 8.42 Å². The van der Waals surface area contributed by atoms with Crippen LogP contribution in [0.2, 0.25) is 0 Å². The molecule has 0 N–H and O–H groups in total. The number of hydrogen-bond donors (Lipinski definition) is 0. The molecule has 0 radical (unpaired) electrons. The Bertz CT molecular complexity index is 972. The molecule has 0 unspecified atom stereocenters. The molecule has 1 aromatic heterocycles. The van der Waals surface area contributed by atoms with Crippen LogP contribution in [-0.4, -0.2) is 82.0 Å². The van der Waals surface area contributed by atoms with E-state index in [9.17, 15) is 8.42 Å². The van der Waals surface area contributed by atoms with Crippen LogP contribution < -0.4 is 14.5 Å². The Hall–Kier alpha value is -2.43. The van der Waals surface area contributed by atoms with Crippen LogP contribution in [0.5, 0.6) is 5.75 Å². The zero-order chi connectivity index (χ0) is 22.4. The second kappa shape index (κ2) is 10.5. The van der Waals surface area contributed by atoms with Crippen molar-refractivity contribution in [3.8, 4) is 5.75 Å². The van der Waals surface area contributed by atoms with Crippen molar-refractivity contribution in [1.29, 1.82) is 0 Å². The lowest BCUT2D eigenvalue weighted by atomic mass is 10.3. The van der Waals surface area contributed by atoms with Crippen LogP contribution in [0.15, 0.2) is 41.4 Å². The first kappa shape index (κ1) is 22.8. The van der Waals surface area contributed by atoms with Gasteiger partial charge in [0.05, 0.1) is 36.6 Å². The first-order valence-corrected chi connectivity index (χ1v) is 12.7. The summed E-state index contributed by atoms with van der Waals surface area (Å²) in [6.07, 6.45) is 3.78. The van der Waals surface area contributed by atoms with E-state index in [-0.39, 0.29) is 0 Å². The molecule has 0 spiro atoms. The summed E-state index contributed by atoms with van der Waals surface area (Å²) in [5.41, 5.74) is 0.965. The summed E-state index contributed by atoms with van der Waals surface area (Å²) < 4.78 is 38.8. The van der Waals surface area contributed by atoms with Crippen molar-refractivity contribution in [2.24, 2.45) is 0 Å². The van der Waals surface area contributed by atoms with E-state index in [0.717, 1.165) is 37.4 Å². The van der Waals surface area contributed by atoms with E-state index < -0.39 is 10.0 Å². The number of morpholine rings is 1. The Morgan fingerprint density at radius 1 is 1.00 bits per heavy atom. The normalized spacial score (nSPS) is 18.0. The standard InChI is InChI=1S/C22H31N5O4S/c1-2-3-14-31-20-4-6-21(7-5-20)32(28,29)27-10-8-25(9-11-27)19-17-22(24-23-18-19)26-12-15-30-16-13-26/h4-7,17-18H,2-3,8-16H2,1H3. The van der Waals surface area contributed by atoms with Gasteiger partial charge in [-0.3, -0.25) is 0 Å². The smallest absolute Gasteiger partial charge is 0.243 e. The van der Waals surface area contributed by atoms with E-state index in [1.807, 2.05) is 6.07 Å². The van der Waals surface area contributed by atoms with E-state index >= 15 is 0 Å². The maximum atomic E-state index is 13.1. The first-order chi connectivity index (χ1) is 15.6. The van der Waals surface area contributed by atoms with Crippen molar-refractivity contribution in [2.45, 2.75) is 24.7 Å². The van der Waals surface area contributed by atoms with E-state index in [4.69, 9.17) is 9.47 Å². The minimum absolute atomic E-state index is 0.300. The maximum absolute atomic E-state index is 13.1. The molecule has 0 bridgehead atoms. The number of ether oxygens (including phenoxy) is 2. The average Bonchev–Trinajstić information content (AvgIpc) is 2.85. The predicted molar refractivity (Wildman–Crippen MR) is 123 cm³/mol. The molecular weight excluding hydrogens is 430 g/mol. The van der Waals surface area contributed by atoms with E-state index in [2.05, 4.69) is 26.9 Å². The van der Waals surface area contributed by atoms with Gasteiger partial charge < -0.3 is 19.3 Å². The fourth-order valence-electron chi connectivity index (χ4n) is 3.84. The number of benzene rings is 1. The van der Waals surface area contributed by atoms with Gasteiger partial charge in [0.25, 0.3) is 0 Å². The lowest BCUT2D eigenvalue weighted by Gasteiger charge is -2.35. The van der Waals surface area contributed by atoms with Crippen LogP contribution in [0, 0.1) is 0 Å². The average molecular weight is 462 g/mol.